The van der Waals surface area contributed by atoms with Crippen LogP contribution in [0, 0.1) is 0 Å². The van der Waals surface area contributed by atoms with Crippen molar-refractivity contribution in [3.63, 3.8) is 0 Å². The van der Waals surface area contributed by atoms with Crippen LogP contribution in [-0.2, 0) is 5.75 Å². The topological polar surface area (TPSA) is 37.8 Å². The molecule has 18 heavy (non-hydrogen) atoms. The Morgan fingerprint density at radius 2 is 2.17 bits per heavy atom. The zero-order valence-electron chi connectivity index (χ0n) is 10.0. The molecule has 96 valence electrons. The van der Waals surface area contributed by atoms with Gasteiger partial charge in [-0.25, -0.2) is 0 Å². The van der Waals surface area contributed by atoms with Crippen molar-refractivity contribution in [2.75, 3.05) is 11.9 Å². The van der Waals surface area contributed by atoms with Crippen LogP contribution in [0.5, 0.6) is 0 Å². The fourth-order valence-corrected chi connectivity index (χ4v) is 3.72. The summed E-state index contributed by atoms with van der Waals surface area (Å²) in [6, 6.07) is 8.25. The summed E-state index contributed by atoms with van der Waals surface area (Å²) in [6.45, 7) is 3.08. The molecule has 0 saturated heterocycles. The Kier molecular flexibility index (Phi) is 5.46. The molecule has 1 aromatic heterocycles. The van der Waals surface area contributed by atoms with Crippen molar-refractivity contribution < 1.29 is 0 Å². The summed E-state index contributed by atoms with van der Waals surface area (Å²) in [5.41, 5.74) is 1.28. The molecule has 0 spiro atoms. The number of aromatic nitrogens is 2. The van der Waals surface area contributed by atoms with Crippen molar-refractivity contribution in [1.82, 2.24) is 10.2 Å². The number of nitrogens with zero attached hydrogens (tertiary/aromatic N) is 2. The molecule has 0 unspecified atom stereocenters. The predicted molar refractivity (Wildman–Crippen MR) is 82.4 cm³/mol. The van der Waals surface area contributed by atoms with Gasteiger partial charge in [-0.15, -0.1) is 10.2 Å². The highest BCUT2D eigenvalue weighted by Gasteiger charge is 2.05. The molecule has 0 fully saturated rings. The average Bonchev–Trinajstić information content (AvgIpc) is 2.83. The van der Waals surface area contributed by atoms with Gasteiger partial charge in [0, 0.05) is 16.8 Å². The Morgan fingerprint density at radius 1 is 1.33 bits per heavy atom. The van der Waals surface area contributed by atoms with Crippen LogP contribution in [0.3, 0.4) is 0 Å². The lowest BCUT2D eigenvalue weighted by atomic mass is 10.2. The van der Waals surface area contributed by atoms with Gasteiger partial charge >= 0.3 is 0 Å². The van der Waals surface area contributed by atoms with Gasteiger partial charge in [0.05, 0.1) is 0 Å². The smallest absolute Gasteiger partial charge is 0.206 e. The molecule has 0 radical (unpaired) electrons. The van der Waals surface area contributed by atoms with Gasteiger partial charge in [-0.2, -0.15) is 0 Å². The molecule has 2 rings (SSSR count). The van der Waals surface area contributed by atoms with E-state index in [0.717, 1.165) is 32.7 Å². The normalized spacial score (nSPS) is 10.6. The van der Waals surface area contributed by atoms with E-state index in [2.05, 4.69) is 56.6 Å². The fourth-order valence-electron chi connectivity index (χ4n) is 1.33. The highest BCUT2D eigenvalue weighted by atomic mass is 79.9. The largest absolute Gasteiger partial charge is 0.360 e. The number of halogens is 1. The quantitative estimate of drug-likeness (QED) is 0.788. The third-order valence-electron chi connectivity index (χ3n) is 2.24. The van der Waals surface area contributed by atoms with Crippen molar-refractivity contribution in [2.45, 2.75) is 23.4 Å². The molecular formula is C12H14BrN3S2. The van der Waals surface area contributed by atoms with Gasteiger partial charge in [0.25, 0.3) is 0 Å². The van der Waals surface area contributed by atoms with Crippen LogP contribution >= 0.6 is 39.0 Å². The van der Waals surface area contributed by atoms with Crippen molar-refractivity contribution in [3.05, 3.63) is 34.3 Å². The predicted octanol–water partition coefficient (Wildman–Crippen LogP) is 4.41. The molecule has 0 aliphatic heterocycles. The van der Waals surface area contributed by atoms with E-state index < -0.39 is 0 Å². The molecule has 2 aromatic rings. The summed E-state index contributed by atoms with van der Waals surface area (Å²) in [4.78, 5) is 0. The van der Waals surface area contributed by atoms with Gasteiger partial charge in [0.15, 0.2) is 4.34 Å². The number of hydrogen-bond donors (Lipinski definition) is 1. The van der Waals surface area contributed by atoms with Crippen molar-refractivity contribution in [2.24, 2.45) is 0 Å². The van der Waals surface area contributed by atoms with Crippen LogP contribution in [0.1, 0.15) is 18.9 Å². The van der Waals surface area contributed by atoms with Crippen LogP contribution in [0.4, 0.5) is 5.13 Å². The van der Waals surface area contributed by atoms with Crippen LogP contribution < -0.4 is 5.32 Å². The van der Waals surface area contributed by atoms with E-state index in [1.807, 2.05) is 6.07 Å². The zero-order chi connectivity index (χ0) is 12.8. The first kappa shape index (κ1) is 13.8. The Morgan fingerprint density at radius 3 is 2.94 bits per heavy atom. The van der Waals surface area contributed by atoms with Crippen molar-refractivity contribution >= 4 is 44.2 Å². The number of nitrogens with one attached hydrogen (secondary N) is 1. The van der Waals surface area contributed by atoms with E-state index in [1.165, 1.54) is 5.56 Å². The second kappa shape index (κ2) is 7.11. The monoisotopic (exact) mass is 343 g/mol. The lowest BCUT2D eigenvalue weighted by Crippen LogP contribution is -1.98. The minimum atomic E-state index is 0.907. The van der Waals surface area contributed by atoms with Crippen LogP contribution in [0.15, 0.2) is 33.1 Å². The molecule has 1 aromatic carbocycles. The molecule has 0 amide bonds. The summed E-state index contributed by atoms with van der Waals surface area (Å²) in [6.07, 6.45) is 1.10. The first-order valence-electron chi connectivity index (χ1n) is 5.73. The molecule has 6 heteroatoms. The van der Waals surface area contributed by atoms with Crippen LogP contribution in [-0.4, -0.2) is 16.7 Å². The van der Waals surface area contributed by atoms with Gasteiger partial charge in [0.1, 0.15) is 0 Å². The standard InChI is InChI=1S/C12H14BrN3S2/c1-2-7-14-11-15-16-12(18-11)17-8-9-5-3-4-6-10(9)13/h3-6H,2,7-8H2,1H3,(H,14,15). The molecule has 0 aliphatic carbocycles. The van der Waals surface area contributed by atoms with E-state index in [0.29, 0.717) is 0 Å². The van der Waals surface area contributed by atoms with Gasteiger partial charge < -0.3 is 5.32 Å². The molecule has 0 aliphatic rings. The first-order valence-corrected chi connectivity index (χ1v) is 8.32. The highest BCUT2D eigenvalue weighted by molar-refractivity contribution is 9.10. The van der Waals surface area contributed by atoms with E-state index in [4.69, 9.17) is 0 Å². The van der Waals surface area contributed by atoms with Crippen molar-refractivity contribution in [1.29, 1.82) is 0 Å². The Bertz CT molecular complexity index is 502. The lowest BCUT2D eigenvalue weighted by Gasteiger charge is -2.01. The Balaban J connectivity index is 1.90. The minimum absolute atomic E-state index is 0.907. The van der Waals surface area contributed by atoms with Crippen LogP contribution in [0.25, 0.3) is 0 Å². The summed E-state index contributed by atoms with van der Waals surface area (Å²) >= 11 is 6.88. The van der Waals surface area contributed by atoms with Gasteiger partial charge in [-0.05, 0) is 18.1 Å². The second-order valence-electron chi connectivity index (χ2n) is 3.68. The first-order chi connectivity index (χ1) is 8.79. The molecule has 0 saturated carbocycles. The lowest BCUT2D eigenvalue weighted by molar-refractivity contribution is 0.951. The van der Waals surface area contributed by atoms with E-state index in [-0.39, 0.29) is 0 Å². The third kappa shape index (κ3) is 3.96. The van der Waals surface area contributed by atoms with E-state index in [1.54, 1.807) is 23.1 Å². The number of rotatable bonds is 6. The molecule has 1 N–H and O–H groups in total. The zero-order valence-corrected chi connectivity index (χ0v) is 13.2. The third-order valence-corrected chi connectivity index (χ3v) is 5.08. The maximum Gasteiger partial charge on any atom is 0.206 e. The van der Waals surface area contributed by atoms with Gasteiger partial charge in [0.2, 0.25) is 5.13 Å². The Hall–Kier alpha value is -0.590. The van der Waals surface area contributed by atoms with Gasteiger partial charge in [-0.3, -0.25) is 0 Å². The summed E-state index contributed by atoms with van der Waals surface area (Å²) < 4.78 is 2.15. The average molecular weight is 344 g/mol. The fraction of sp³-hybridized carbons (Fsp3) is 0.333. The van der Waals surface area contributed by atoms with E-state index in [9.17, 15) is 0 Å². The molecule has 1 heterocycles. The maximum absolute atomic E-state index is 4.17. The summed E-state index contributed by atoms with van der Waals surface area (Å²) in [7, 11) is 0. The second-order valence-corrected chi connectivity index (χ2v) is 6.73. The molecule has 0 bridgehead atoms. The minimum Gasteiger partial charge on any atom is -0.360 e. The van der Waals surface area contributed by atoms with Crippen LogP contribution in [0.2, 0.25) is 0 Å². The van der Waals surface area contributed by atoms with Crippen molar-refractivity contribution in [3.8, 4) is 0 Å². The number of hydrogen-bond acceptors (Lipinski definition) is 5. The van der Waals surface area contributed by atoms with E-state index >= 15 is 0 Å². The maximum atomic E-state index is 4.17. The SMILES string of the molecule is CCCNc1nnc(SCc2ccccc2Br)s1. The number of anilines is 1. The highest BCUT2D eigenvalue weighted by Crippen LogP contribution is 2.30. The molecule has 0 atom stereocenters. The Labute approximate surface area is 124 Å². The molecular weight excluding hydrogens is 330 g/mol. The number of benzene rings is 1. The van der Waals surface area contributed by atoms with Gasteiger partial charge in [-0.1, -0.05) is 64.2 Å². The summed E-state index contributed by atoms with van der Waals surface area (Å²) in [5, 5.41) is 12.4. The molecule has 3 nitrogen and oxygen atoms in total. The summed E-state index contributed by atoms with van der Waals surface area (Å²) in [5.74, 6) is 0.907. The number of thioether (sulfide) groups is 1.